The molecule has 2 rings (SSSR count). The van der Waals surface area contributed by atoms with E-state index < -0.39 is 0 Å². The number of amides is 1. The van der Waals surface area contributed by atoms with Crippen molar-refractivity contribution in [2.75, 3.05) is 5.75 Å². The molecule has 2 aromatic carbocycles. The van der Waals surface area contributed by atoms with Crippen LogP contribution in [0.25, 0.3) is 0 Å². The molecule has 0 aliphatic heterocycles. The fraction of sp³-hybridized carbons (Fsp3) is 0.125. The fourth-order valence-electron chi connectivity index (χ4n) is 1.56. The molecule has 0 aliphatic rings. The summed E-state index contributed by atoms with van der Waals surface area (Å²) in [6, 6.07) is 17.7. The zero-order valence-electron chi connectivity index (χ0n) is 11.3. The Hall–Kier alpha value is -1.59. The number of rotatable bonds is 6. The first-order valence-corrected chi connectivity index (χ1v) is 8.27. The maximum atomic E-state index is 11.6. The van der Waals surface area contributed by atoms with Crippen LogP contribution in [0.3, 0.4) is 0 Å². The van der Waals surface area contributed by atoms with Crippen molar-refractivity contribution in [3.8, 4) is 0 Å². The Balaban J connectivity index is 1.69. The number of nitrogens with zero attached hydrogens (tertiary/aromatic N) is 1. The topological polar surface area (TPSA) is 41.5 Å². The Morgan fingerprint density at radius 3 is 2.57 bits per heavy atom. The van der Waals surface area contributed by atoms with Gasteiger partial charge in [-0.15, -0.1) is 11.8 Å². The zero-order valence-corrected chi connectivity index (χ0v) is 13.7. The van der Waals surface area contributed by atoms with Gasteiger partial charge in [-0.25, -0.2) is 5.43 Å². The average molecular weight is 363 g/mol. The van der Waals surface area contributed by atoms with Gasteiger partial charge in [0.15, 0.2) is 0 Å². The number of halogens is 1. The predicted molar refractivity (Wildman–Crippen MR) is 91.7 cm³/mol. The molecule has 0 radical (unpaired) electrons. The summed E-state index contributed by atoms with van der Waals surface area (Å²) >= 11 is 5.03. The SMILES string of the molecule is O=C(CCSc1ccccc1)N/N=C\c1ccc(Br)cc1. The molecular formula is C16H15BrN2OS. The first-order chi connectivity index (χ1) is 10.2. The molecule has 1 amide bonds. The minimum atomic E-state index is -0.0770. The highest BCUT2D eigenvalue weighted by Crippen LogP contribution is 2.17. The van der Waals surface area contributed by atoms with Crippen molar-refractivity contribution in [3.05, 3.63) is 64.6 Å². The molecule has 0 spiro atoms. The van der Waals surface area contributed by atoms with Crippen molar-refractivity contribution in [1.82, 2.24) is 5.43 Å². The smallest absolute Gasteiger partial charge is 0.240 e. The molecule has 0 atom stereocenters. The van der Waals surface area contributed by atoms with Gasteiger partial charge in [-0.05, 0) is 29.8 Å². The third-order valence-corrected chi connectivity index (χ3v) is 4.16. The van der Waals surface area contributed by atoms with Gasteiger partial charge >= 0.3 is 0 Å². The number of hydrogen-bond donors (Lipinski definition) is 1. The summed E-state index contributed by atoms with van der Waals surface area (Å²) in [5.41, 5.74) is 3.48. The van der Waals surface area contributed by atoms with Crippen molar-refractivity contribution in [2.45, 2.75) is 11.3 Å². The Bertz CT molecular complexity index is 599. The second-order valence-electron chi connectivity index (χ2n) is 4.26. The highest BCUT2D eigenvalue weighted by atomic mass is 79.9. The second-order valence-corrected chi connectivity index (χ2v) is 6.34. The molecule has 3 nitrogen and oxygen atoms in total. The second kappa shape index (κ2) is 8.64. The summed E-state index contributed by atoms with van der Waals surface area (Å²) < 4.78 is 1.02. The molecule has 21 heavy (non-hydrogen) atoms. The van der Waals surface area contributed by atoms with Gasteiger partial charge in [-0.2, -0.15) is 5.10 Å². The van der Waals surface area contributed by atoms with Crippen LogP contribution in [0.2, 0.25) is 0 Å². The number of hydrogen-bond acceptors (Lipinski definition) is 3. The van der Waals surface area contributed by atoms with E-state index in [1.165, 1.54) is 4.90 Å². The number of carbonyl (C=O) groups is 1. The van der Waals surface area contributed by atoms with Crippen LogP contribution in [0.15, 0.2) is 69.1 Å². The molecule has 108 valence electrons. The number of nitrogens with one attached hydrogen (secondary N) is 1. The van der Waals surface area contributed by atoms with E-state index >= 15 is 0 Å². The predicted octanol–water partition coefficient (Wildman–Crippen LogP) is 4.08. The molecule has 1 N–H and O–H groups in total. The van der Waals surface area contributed by atoms with Crippen molar-refractivity contribution < 1.29 is 4.79 Å². The van der Waals surface area contributed by atoms with Gasteiger partial charge in [0.2, 0.25) is 5.91 Å². The molecule has 0 heterocycles. The van der Waals surface area contributed by atoms with E-state index in [0.29, 0.717) is 6.42 Å². The minimum absolute atomic E-state index is 0.0770. The highest BCUT2D eigenvalue weighted by molar-refractivity contribution is 9.10. The molecule has 2 aromatic rings. The third-order valence-electron chi connectivity index (χ3n) is 2.61. The van der Waals surface area contributed by atoms with Gasteiger partial charge in [-0.1, -0.05) is 46.3 Å². The van der Waals surface area contributed by atoms with Crippen molar-refractivity contribution in [1.29, 1.82) is 0 Å². The van der Waals surface area contributed by atoms with Crippen LogP contribution in [-0.2, 0) is 4.79 Å². The quantitative estimate of drug-likeness (QED) is 0.477. The van der Waals surface area contributed by atoms with Crippen LogP contribution in [-0.4, -0.2) is 17.9 Å². The lowest BCUT2D eigenvalue weighted by Gasteiger charge is -2.01. The lowest BCUT2D eigenvalue weighted by atomic mass is 10.2. The van der Waals surface area contributed by atoms with Gasteiger partial charge in [0.1, 0.15) is 0 Å². The standard InChI is InChI=1S/C16H15BrN2OS/c17-14-8-6-13(7-9-14)12-18-19-16(20)10-11-21-15-4-2-1-3-5-15/h1-9,12H,10-11H2,(H,19,20)/b18-12-. The van der Waals surface area contributed by atoms with Crippen LogP contribution in [0.4, 0.5) is 0 Å². The summed E-state index contributed by atoms with van der Waals surface area (Å²) in [5.74, 6) is 0.663. The van der Waals surface area contributed by atoms with Gasteiger partial charge in [0.05, 0.1) is 6.21 Å². The lowest BCUT2D eigenvalue weighted by molar-refractivity contribution is -0.120. The Kier molecular flexibility index (Phi) is 6.50. The first kappa shape index (κ1) is 15.8. The first-order valence-electron chi connectivity index (χ1n) is 6.49. The molecule has 0 aliphatic carbocycles. The summed E-state index contributed by atoms with van der Waals surface area (Å²) in [6.45, 7) is 0. The lowest BCUT2D eigenvalue weighted by Crippen LogP contribution is -2.17. The average Bonchev–Trinajstić information content (AvgIpc) is 2.50. The number of carbonyl (C=O) groups excluding carboxylic acids is 1. The van der Waals surface area contributed by atoms with E-state index in [-0.39, 0.29) is 5.91 Å². The van der Waals surface area contributed by atoms with Gasteiger partial charge in [0, 0.05) is 21.5 Å². The van der Waals surface area contributed by atoms with E-state index in [1.54, 1.807) is 18.0 Å². The normalized spacial score (nSPS) is 10.7. The number of hydrazone groups is 1. The molecule has 0 aromatic heterocycles. The molecule has 0 saturated heterocycles. The number of benzene rings is 2. The van der Waals surface area contributed by atoms with Gasteiger partial charge < -0.3 is 0 Å². The Labute approximate surface area is 137 Å². The van der Waals surface area contributed by atoms with E-state index in [9.17, 15) is 4.79 Å². The van der Waals surface area contributed by atoms with Crippen LogP contribution in [0.1, 0.15) is 12.0 Å². The molecule has 0 saturated carbocycles. The van der Waals surface area contributed by atoms with Crippen molar-refractivity contribution in [2.24, 2.45) is 5.10 Å². The Morgan fingerprint density at radius 1 is 1.14 bits per heavy atom. The van der Waals surface area contributed by atoms with Crippen molar-refractivity contribution in [3.63, 3.8) is 0 Å². The highest BCUT2D eigenvalue weighted by Gasteiger charge is 2.00. The van der Waals surface area contributed by atoms with Crippen LogP contribution >= 0.6 is 27.7 Å². The summed E-state index contributed by atoms with van der Waals surface area (Å²) in [5, 5.41) is 3.95. The molecule has 0 unspecified atom stereocenters. The van der Waals surface area contributed by atoms with E-state index in [1.807, 2.05) is 54.6 Å². The number of thioether (sulfide) groups is 1. The summed E-state index contributed by atoms with van der Waals surface area (Å²) in [6.07, 6.45) is 2.08. The van der Waals surface area contributed by atoms with Crippen LogP contribution < -0.4 is 5.43 Å². The molecular weight excluding hydrogens is 348 g/mol. The van der Waals surface area contributed by atoms with Gasteiger partial charge in [0.25, 0.3) is 0 Å². The van der Waals surface area contributed by atoms with E-state index in [0.717, 1.165) is 15.8 Å². The van der Waals surface area contributed by atoms with Gasteiger partial charge in [-0.3, -0.25) is 4.79 Å². The molecule has 0 fully saturated rings. The minimum Gasteiger partial charge on any atom is -0.273 e. The fourth-order valence-corrected chi connectivity index (χ4v) is 2.70. The van der Waals surface area contributed by atoms with Crippen molar-refractivity contribution >= 4 is 39.8 Å². The summed E-state index contributed by atoms with van der Waals surface area (Å²) in [7, 11) is 0. The van der Waals surface area contributed by atoms with Crippen LogP contribution in [0.5, 0.6) is 0 Å². The van der Waals surface area contributed by atoms with E-state index in [4.69, 9.17) is 0 Å². The largest absolute Gasteiger partial charge is 0.273 e. The third kappa shape index (κ3) is 6.14. The maximum absolute atomic E-state index is 11.6. The zero-order chi connectivity index (χ0) is 14.9. The summed E-state index contributed by atoms with van der Waals surface area (Å²) in [4.78, 5) is 12.8. The Morgan fingerprint density at radius 2 is 1.86 bits per heavy atom. The molecule has 0 bridgehead atoms. The van der Waals surface area contributed by atoms with Crippen LogP contribution in [0, 0.1) is 0 Å². The monoisotopic (exact) mass is 362 g/mol. The van der Waals surface area contributed by atoms with E-state index in [2.05, 4.69) is 26.5 Å². The molecule has 5 heteroatoms. The maximum Gasteiger partial charge on any atom is 0.240 e.